The first-order chi connectivity index (χ1) is 8.71. The standard InChI is InChI=1S/C12H20N2O3S2/c1-8(2)7-19(16,17)6-5-13-12(15)11-9(3)14-10(4)18-11/h8H,5-7H2,1-4H3,(H,13,15). The Balaban J connectivity index is 2.50. The average molecular weight is 304 g/mol. The van der Waals surface area contributed by atoms with Gasteiger partial charge in [-0.3, -0.25) is 4.79 Å². The zero-order valence-corrected chi connectivity index (χ0v) is 13.3. The lowest BCUT2D eigenvalue weighted by molar-refractivity contribution is 0.0959. The van der Waals surface area contributed by atoms with Gasteiger partial charge < -0.3 is 5.32 Å². The van der Waals surface area contributed by atoms with Crippen LogP contribution in [0.15, 0.2) is 0 Å². The maximum atomic E-state index is 11.9. The van der Waals surface area contributed by atoms with Crippen molar-refractivity contribution in [2.45, 2.75) is 27.7 Å². The van der Waals surface area contributed by atoms with Gasteiger partial charge in [0.05, 0.1) is 22.2 Å². The average Bonchev–Trinajstić information content (AvgIpc) is 2.55. The molecule has 0 aliphatic carbocycles. The Labute approximate surface area is 118 Å². The molecule has 1 aromatic rings. The smallest absolute Gasteiger partial charge is 0.263 e. The zero-order valence-electron chi connectivity index (χ0n) is 11.7. The quantitative estimate of drug-likeness (QED) is 0.865. The summed E-state index contributed by atoms with van der Waals surface area (Å²) < 4.78 is 23.3. The summed E-state index contributed by atoms with van der Waals surface area (Å²) in [4.78, 5) is 16.6. The van der Waals surface area contributed by atoms with Crippen molar-refractivity contribution in [3.05, 3.63) is 15.6 Å². The molecule has 7 heteroatoms. The topological polar surface area (TPSA) is 76.1 Å². The van der Waals surface area contributed by atoms with E-state index in [-0.39, 0.29) is 29.9 Å². The normalized spacial score (nSPS) is 11.8. The van der Waals surface area contributed by atoms with E-state index in [1.165, 1.54) is 11.3 Å². The lowest BCUT2D eigenvalue weighted by Gasteiger charge is -2.07. The van der Waals surface area contributed by atoms with Crippen molar-refractivity contribution in [2.24, 2.45) is 5.92 Å². The fraction of sp³-hybridized carbons (Fsp3) is 0.667. The molecule has 0 saturated heterocycles. The van der Waals surface area contributed by atoms with Gasteiger partial charge in [0, 0.05) is 6.54 Å². The number of nitrogens with zero attached hydrogens (tertiary/aromatic N) is 1. The highest BCUT2D eigenvalue weighted by Gasteiger charge is 2.16. The van der Waals surface area contributed by atoms with Crippen molar-refractivity contribution >= 4 is 27.1 Å². The van der Waals surface area contributed by atoms with E-state index in [2.05, 4.69) is 10.3 Å². The van der Waals surface area contributed by atoms with Crippen molar-refractivity contribution in [1.82, 2.24) is 10.3 Å². The van der Waals surface area contributed by atoms with E-state index in [9.17, 15) is 13.2 Å². The Morgan fingerprint density at radius 2 is 2.00 bits per heavy atom. The van der Waals surface area contributed by atoms with Gasteiger partial charge in [-0.2, -0.15) is 0 Å². The van der Waals surface area contributed by atoms with E-state index in [0.29, 0.717) is 10.6 Å². The van der Waals surface area contributed by atoms with Crippen LogP contribution >= 0.6 is 11.3 Å². The fourth-order valence-electron chi connectivity index (χ4n) is 1.73. The molecule has 0 radical (unpaired) electrons. The Bertz CT molecular complexity index is 547. The van der Waals surface area contributed by atoms with Crippen LogP contribution in [-0.2, 0) is 9.84 Å². The minimum absolute atomic E-state index is 0.0201. The van der Waals surface area contributed by atoms with Crippen LogP contribution in [0.25, 0.3) is 0 Å². The minimum atomic E-state index is -3.09. The van der Waals surface area contributed by atoms with Gasteiger partial charge in [-0.25, -0.2) is 13.4 Å². The first-order valence-electron chi connectivity index (χ1n) is 6.14. The van der Waals surface area contributed by atoms with Gasteiger partial charge in [-0.05, 0) is 19.8 Å². The molecule has 108 valence electrons. The van der Waals surface area contributed by atoms with Crippen LogP contribution in [-0.4, -0.2) is 37.4 Å². The van der Waals surface area contributed by atoms with Crippen molar-refractivity contribution in [3.8, 4) is 0 Å². The maximum Gasteiger partial charge on any atom is 0.263 e. The van der Waals surface area contributed by atoms with Crippen molar-refractivity contribution in [3.63, 3.8) is 0 Å². The summed E-state index contributed by atoms with van der Waals surface area (Å²) in [5.74, 6) is -0.00933. The molecule has 1 aromatic heterocycles. The van der Waals surface area contributed by atoms with Gasteiger partial charge in [0.1, 0.15) is 4.88 Å². The molecular weight excluding hydrogens is 284 g/mol. The number of carbonyl (C=O) groups excluding carboxylic acids is 1. The summed E-state index contributed by atoms with van der Waals surface area (Å²) in [7, 11) is -3.09. The van der Waals surface area contributed by atoms with E-state index >= 15 is 0 Å². The van der Waals surface area contributed by atoms with Gasteiger partial charge in [-0.1, -0.05) is 13.8 Å². The highest BCUT2D eigenvalue weighted by Crippen LogP contribution is 2.16. The van der Waals surface area contributed by atoms with Crippen LogP contribution in [0.1, 0.15) is 34.2 Å². The van der Waals surface area contributed by atoms with Crippen LogP contribution in [0.2, 0.25) is 0 Å². The van der Waals surface area contributed by atoms with Gasteiger partial charge in [0.2, 0.25) is 0 Å². The van der Waals surface area contributed by atoms with E-state index in [0.717, 1.165) is 5.01 Å². The third kappa shape index (κ3) is 5.28. The Kier molecular flexibility index (Phi) is 5.49. The molecule has 1 heterocycles. The number of aromatic nitrogens is 1. The first kappa shape index (κ1) is 16.1. The number of hydrogen-bond acceptors (Lipinski definition) is 5. The SMILES string of the molecule is Cc1nc(C)c(C(=O)NCCS(=O)(=O)CC(C)C)s1. The van der Waals surface area contributed by atoms with Gasteiger partial charge in [-0.15, -0.1) is 11.3 Å². The molecule has 0 fully saturated rings. The third-order valence-corrected chi connectivity index (χ3v) is 5.47. The molecule has 0 unspecified atom stereocenters. The van der Waals surface area contributed by atoms with E-state index in [1.807, 2.05) is 20.8 Å². The summed E-state index contributed by atoms with van der Waals surface area (Å²) in [6.07, 6.45) is 0. The monoisotopic (exact) mass is 304 g/mol. The third-order valence-electron chi connectivity index (χ3n) is 2.40. The number of carbonyl (C=O) groups is 1. The van der Waals surface area contributed by atoms with E-state index in [1.54, 1.807) is 6.92 Å². The molecular formula is C12H20N2O3S2. The highest BCUT2D eigenvalue weighted by molar-refractivity contribution is 7.91. The molecule has 0 aliphatic heterocycles. The Morgan fingerprint density at radius 3 is 2.47 bits per heavy atom. The van der Waals surface area contributed by atoms with Crippen LogP contribution in [0.5, 0.6) is 0 Å². The molecule has 5 nitrogen and oxygen atoms in total. The number of rotatable bonds is 6. The zero-order chi connectivity index (χ0) is 14.6. The molecule has 0 bridgehead atoms. The molecule has 1 N–H and O–H groups in total. The summed E-state index contributed by atoms with van der Waals surface area (Å²) >= 11 is 1.32. The molecule has 0 atom stereocenters. The van der Waals surface area contributed by atoms with E-state index < -0.39 is 9.84 Å². The number of nitrogens with one attached hydrogen (secondary N) is 1. The Morgan fingerprint density at radius 1 is 1.37 bits per heavy atom. The van der Waals surface area contributed by atoms with E-state index in [4.69, 9.17) is 0 Å². The van der Waals surface area contributed by atoms with Gasteiger partial charge >= 0.3 is 0 Å². The fourth-order valence-corrected chi connectivity index (χ4v) is 4.17. The summed E-state index contributed by atoms with van der Waals surface area (Å²) in [5.41, 5.74) is 0.685. The number of sulfone groups is 1. The lowest BCUT2D eigenvalue weighted by atomic mass is 10.3. The molecule has 0 aromatic carbocycles. The minimum Gasteiger partial charge on any atom is -0.350 e. The largest absolute Gasteiger partial charge is 0.350 e. The maximum absolute atomic E-state index is 11.9. The highest BCUT2D eigenvalue weighted by atomic mass is 32.2. The van der Waals surface area contributed by atoms with Crippen LogP contribution in [0.4, 0.5) is 0 Å². The predicted octanol–water partition coefficient (Wildman–Crippen LogP) is 1.56. The molecule has 1 amide bonds. The molecule has 19 heavy (non-hydrogen) atoms. The Hall–Kier alpha value is -0.950. The molecule has 0 spiro atoms. The van der Waals surface area contributed by atoms with Crippen molar-refractivity contribution < 1.29 is 13.2 Å². The van der Waals surface area contributed by atoms with Crippen molar-refractivity contribution in [2.75, 3.05) is 18.1 Å². The molecule has 0 aliphatic rings. The molecule has 0 saturated carbocycles. The number of hydrogen-bond donors (Lipinski definition) is 1. The number of thiazole rings is 1. The lowest BCUT2D eigenvalue weighted by Crippen LogP contribution is -2.30. The van der Waals surface area contributed by atoms with Crippen molar-refractivity contribution in [1.29, 1.82) is 0 Å². The second-order valence-corrected chi connectivity index (χ2v) is 8.34. The second kappa shape index (κ2) is 6.47. The van der Waals surface area contributed by atoms with Gasteiger partial charge in [0.15, 0.2) is 9.84 Å². The predicted molar refractivity (Wildman–Crippen MR) is 77.4 cm³/mol. The second-order valence-electron chi connectivity index (χ2n) is 4.91. The summed E-state index contributed by atoms with van der Waals surface area (Å²) in [6.45, 7) is 7.47. The van der Waals surface area contributed by atoms with Crippen LogP contribution in [0, 0.1) is 19.8 Å². The van der Waals surface area contributed by atoms with Crippen LogP contribution < -0.4 is 5.32 Å². The number of aryl methyl sites for hydroxylation is 2. The molecule has 1 rings (SSSR count). The number of amides is 1. The summed E-state index contributed by atoms with van der Waals surface area (Å²) in [6, 6.07) is 0. The first-order valence-corrected chi connectivity index (χ1v) is 8.77. The van der Waals surface area contributed by atoms with Crippen LogP contribution in [0.3, 0.4) is 0 Å². The summed E-state index contributed by atoms with van der Waals surface area (Å²) in [5, 5.41) is 3.46. The van der Waals surface area contributed by atoms with Gasteiger partial charge in [0.25, 0.3) is 5.91 Å².